The van der Waals surface area contributed by atoms with Crippen LogP contribution in [0.5, 0.6) is 0 Å². The summed E-state index contributed by atoms with van der Waals surface area (Å²) in [6.45, 7) is 0. The van der Waals surface area contributed by atoms with Crippen LogP contribution in [0.15, 0.2) is 58.8 Å². The van der Waals surface area contributed by atoms with Gasteiger partial charge in [-0.2, -0.15) is 0 Å². The van der Waals surface area contributed by atoms with Gasteiger partial charge >= 0.3 is 0 Å². The van der Waals surface area contributed by atoms with Crippen molar-refractivity contribution in [1.29, 1.82) is 0 Å². The fourth-order valence-corrected chi connectivity index (χ4v) is 4.23. The van der Waals surface area contributed by atoms with Crippen molar-refractivity contribution in [3.63, 3.8) is 0 Å². The molecule has 0 spiro atoms. The third-order valence-corrected chi connectivity index (χ3v) is 6.15. The molecule has 0 bridgehead atoms. The Morgan fingerprint density at radius 1 is 1.00 bits per heavy atom. The van der Waals surface area contributed by atoms with E-state index in [1.54, 1.807) is 17.5 Å². The van der Waals surface area contributed by atoms with Gasteiger partial charge in [0.1, 0.15) is 11.6 Å². The quantitative estimate of drug-likeness (QED) is 0.628. The zero-order valence-electron chi connectivity index (χ0n) is 13.9. The highest BCUT2D eigenvalue weighted by Gasteiger charge is 2.17. The van der Waals surface area contributed by atoms with Crippen molar-refractivity contribution in [3.05, 3.63) is 65.5 Å². The Hall–Kier alpha value is -2.65. The van der Waals surface area contributed by atoms with Crippen LogP contribution in [-0.4, -0.2) is 25.1 Å². The summed E-state index contributed by atoms with van der Waals surface area (Å²) >= 11 is 1.18. The van der Waals surface area contributed by atoms with Crippen LogP contribution in [0.1, 0.15) is 6.42 Å². The Bertz CT molecular complexity index is 1050. The molecule has 9 heteroatoms. The molecule has 0 fully saturated rings. The van der Waals surface area contributed by atoms with Crippen LogP contribution in [0.25, 0.3) is 11.3 Å². The number of hydrogen-bond donors (Lipinski definition) is 1. The topological polar surface area (TPSA) is 76.1 Å². The first-order valence-corrected chi connectivity index (χ1v) is 10.4. The van der Waals surface area contributed by atoms with Gasteiger partial charge in [-0.1, -0.05) is 0 Å². The molecule has 0 aliphatic carbocycles. The molecule has 3 rings (SSSR count). The number of carbonyl (C=O) groups excluding carboxylic acids is 1. The summed E-state index contributed by atoms with van der Waals surface area (Å²) in [4.78, 5) is 16.2. The van der Waals surface area contributed by atoms with Gasteiger partial charge in [-0.25, -0.2) is 22.2 Å². The Kier molecular flexibility index (Phi) is 5.62. The molecule has 3 aromatic rings. The highest BCUT2D eigenvalue weighted by Crippen LogP contribution is 2.25. The van der Waals surface area contributed by atoms with Crippen LogP contribution in [0.2, 0.25) is 0 Å². The first-order valence-electron chi connectivity index (χ1n) is 7.83. The minimum atomic E-state index is -3.69. The molecule has 2 aromatic carbocycles. The second-order valence-electron chi connectivity index (χ2n) is 5.62. The molecule has 0 aliphatic rings. The fourth-order valence-electron chi connectivity index (χ4n) is 2.25. The molecule has 27 heavy (non-hydrogen) atoms. The van der Waals surface area contributed by atoms with Gasteiger partial charge in [0.2, 0.25) is 5.91 Å². The van der Waals surface area contributed by atoms with E-state index in [9.17, 15) is 22.0 Å². The molecule has 0 unspecified atom stereocenters. The maximum atomic E-state index is 13.0. The molecular weight excluding hydrogens is 394 g/mol. The number of rotatable bonds is 6. The average molecular weight is 408 g/mol. The minimum Gasteiger partial charge on any atom is -0.302 e. The molecule has 5 nitrogen and oxygen atoms in total. The van der Waals surface area contributed by atoms with E-state index in [1.165, 1.54) is 35.6 Å². The molecule has 1 heterocycles. The maximum Gasteiger partial charge on any atom is 0.227 e. The van der Waals surface area contributed by atoms with Crippen LogP contribution < -0.4 is 5.32 Å². The number of halogens is 2. The molecule has 0 radical (unpaired) electrons. The lowest BCUT2D eigenvalue weighted by Gasteiger charge is -2.04. The summed E-state index contributed by atoms with van der Waals surface area (Å²) in [5.74, 6) is -1.79. The molecule has 1 amide bonds. The first kappa shape index (κ1) is 19.1. The number of nitrogens with one attached hydrogen (secondary N) is 1. The van der Waals surface area contributed by atoms with Gasteiger partial charge in [-0.3, -0.25) is 4.79 Å². The Morgan fingerprint density at radius 2 is 1.59 bits per heavy atom. The van der Waals surface area contributed by atoms with E-state index in [-0.39, 0.29) is 17.1 Å². The zero-order chi connectivity index (χ0) is 19.4. The number of carbonyl (C=O) groups is 1. The van der Waals surface area contributed by atoms with Crippen molar-refractivity contribution < 1.29 is 22.0 Å². The van der Waals surface area contributed by atoms with E-state index < -0.39 is 27.3 Å². The molecule has 0 saturated heterocycles. The summed E-state index contributed by atoms with van der Waals surface area (Å²) in [5.41, 5.74) is 1.28. The average Bonchev–Trinajstić information content (AvgIpc) is 3.09. The van der Waals surface area contributed by atoms with E-state index in [0.29, 0.717) is 16.4 Å². The summed E-state index contributed by atoms with van der Waals surface area (Å²) in [7, 11) is -3.69. The molecule has 140 valence electrons. The van der Waals surface area contributed by atoms with Gasteiger partial charge in [-0.15, -0.1) is 11.3 Å². The predicted octanol–water partition coefficient (Wildman–Crippen LogP) is 3.89. The van der Waals surface area contributed by atoms with Crippen LogP contribution >= 0.6 is 11.3 Å². The SMILES string of the molecule is O=C(CCS(=O)(=O)c1ccc(F)cc1)Nc1nc(-c2ccc(F)cc2)cs1. The second-order valence-corrected chi connectivity index (χ2v) is 8.58. The summed E-state index contributed by atoms with van der Waals surface area (Å²) in [5, 5.41) is 4.57. The molecule has 0 atom stereocenters. The number of hydrogen-bond acceptors (Lipinski definition) is 5. The van der Waals surface area contributed by atoms with Crippen molar-refractivity contribution in [2.24, 2.45) is 0 Å². The molecule has 0 aliphatic heterocycles. The van der Waals surface area contributed by atoms with E-state index in [0.717, 1.165) is 12.1 Å². The number of amides is 1. The number of sulfone groups is 1. The van der Waals surface area contributed by atoms with Gasteiger partial charge < -0.3 is 5.32 Å². The summed E-state index contributed by atoms with van der Waals surface area (Å²) in [6.07, 6.45) is -0.259. The largest absolute Gasteiger partial charge is 0.302 e. The van der Waals surface area contributed by atoms with Gasteiger partial charge in [0.05, 0.1) is 16.3 Å². The number of thiazole rings is 1. The van der Waals surface area contributed by atoms with E-state index in [4.69, 9.17) is 0 Å². The Labute approximate surface area is 158 Å². The van der Waals surface area contributed by atoms with Crippen molar-refractivity contribution in [3.8, 4) is 11.3 Å². The predicted molar refractivity (Wildman–Crippen MR) is 99.2 cm³/mol. The van der Waals surface area contributed by atoms with E-state index in [2.05, 4.69) is 10.3 Å². The van der Waals surface area contributed by atoms with E-state index >= 15 is 0 Å². The molecular formula is C18H14F2N2O3S2. The van der Waals surface area contributed by atoms with Crippen molar-refractivity contribution >= 4 is 32.2 Å². The molecule has 0 saturated carbocycles. The lowest BCUT2D eigenvalue weighted by atomic mass is 10.2. The number of aromatic nitrogens is 1. The van der Waals surface area contributed by atoms with Gasteiger partial charge in [-0.05, 0) is 48.5 Å². The monoisotopic (exact) mass is 408 g/mol. The Morgan fingerprint density at radius 3 is 2.22 bits per heavy atom. The minimum absolute atomic E-state index is 0.0375. The van der Waals surface area contributed by atoms with Crippen LogP contribution in [0.3, 0.4) is 0 Å². The van der Waals surface area contributed by atoms with Crippen LogP contribution in [0.4, 0.5) is 13.9 Å². The lowest BCUT2D eigenvalue weighted by Crippen LogP contribution is -2.17. The zero-order valence-corrected chi connectivity index (χ0v) is 15.5. The second kappa shape index (κ2) is 7.93. The highest BCUT2D eigenvalue weighted by atomic mass is 32.2. The summed E-state index contributed by atoms with van der Waals surface area (Å²) < 4.78 is 50.2. The fraction of sp³-hybridized carbons (Fsp3) is 0.111. The normalized spacial score (nSPS) is 11.3. The smallest absolute Gasteiger partial charge is 0.227 e. The lowest BCUT2D eigenvalue weighted by molar-refractivity contribution is -0.115. The van der Waals surface area contributed by atoms with Crippen molar-refractivity contribution in [2.75, 3.05) is 11.1 Å². The number of benzene rings is 2. The maximum absolute atomic E-state index is 13.0. The van der Waals surface area contributed by atoms with Crippen LogP contribution in [-0.2, 0) is 14.6 Å². The molecule has 1 aromatic heterocycles. The highest BCUT2D eigenvalue weighted by molar-refractivity contribution is 7.91. The van der Waals surface area contributed by atoms with Gasteiger partial charge in [0, 0.05) is 17.4 Å². The van der Waals surface area contributed by atoms with E-state index in [1.807, 2.05) is 0 Å². The van der Waals surface area contributed by atoms with Crippen molar-refractivity contribution in [1.82, 2.24) is 4.98 Å². The van der Waals surface area contributed by atoms with Gasteiger partial charge in [0.15, 0.2) is 15.0 Å². The number of anilines is 1. The van der Waals surface area contributed by atoms with Crippen LogP contribution in [0, 0.1) is 11.6 Å². The molecule has 1 N–H and O–H groups in total. The van der Waals surface area contributed by atoms with Crippen molar-refractivity contribution in [2.45, 2.75) is 11.3 Å². The Balaban J connectivity index is 1.59. The third kappa shape index (κ3) is 4.95. The number of nitrogens with zero attached hydrogens (tertiary/aromatic N) is 1. The third-order valence-electron chi connectivity index (χ3n) is 3.66. The van der Waals surface area contributed by atoms with Gasteiger partial charge in [0.25, 0.3) is 0 Å². The standard InChI is InChI=1S/C18H14F2N2O3S2/c19-13-3-1-12(2-4-13)16-11-26-18(21-16)22-17(23)9-10-27(24,25)15-7-5-14(20)6-8-15/h1-8,11H,9-10H2,(H,21,22,23). The first-order chi connectivity index (χ1) is 12.8. The summed E-state index contributed by atoms with van der Waals surface area (Å²) in [6, 6.07) is 10.2.